The fourth-order valence-electron chi connectivity index (χ4n) is 1.30. The number of hydrogen-bond acceptors (Lipinski definition) is 3. The average molecular weight is 225 g/mol. The quantitative estimate of drug-likeness (QED) is 0.698. The van der Waals surface area contributed by atoms with Gasteiger partial charge in [-0.25, -0.2) is 0 Å². The highest BCUT2D eigenvalue weighted by atomic mass is 32.2. The molecule has 1 unspecified atom stereocenters. The van der Waals surface area contributed by atoms with Crippen molar-refractivity contribution in [2.45, 2.75) is 24.6 Å². The molecule has 0 aliphatic heterocycles. The summed E-state index contributed by atoms with van der Waals surface area (Å²) < 4.78 is 0. The van der Waals surface area contributed by atoms with Crippen molar-refractivity contribution in [1.82, 2.24) is 0 Å². The van der Waals surface area contributed by atoms with Gasteiger partial charge in [-0.05, 0) is 24.2 Å². The second-order valence-electron chi connectivity index (χ2n) is 3.62. The van der Waals surface area contributed by atoms with E-state index in [1.54, 1.807) is 0 Å². The van der Waals surface area contributed by atoms with Crippen molar-refractivity contribution in [3.05, 3.63) is 35.9 Å². The van der Waals surface area contributed by atoms with Crippen LogP contribution in [0.5, 0.6) is 0 Å². The van der Waals surface area contributed by atoms with Gasteiger partial charge in [0.05, 0.1) is 6.61 Å². The largest absolute Gasteiger partial charge is 0.395 e. The van der Waals surface area contributed by atoms with E-state index < -0.39 is 0 Å². The van der Waals surface area contributed by atoms with Gasteiger partial charge >= 0.3 is 0 Å². The Balaban J connectivity index is 2.03. The van der Waals surface area contributed by atoms with Crippen LogP contribution in [0.25, 0.3) is 0 Å². The molecule has 15 heavy (non-hydrogen) atoms. The molecule has 0 aliphatic rings. The van der Waals surface area contributed by atoms with Crippen molar-refractivity contribution in [1.29, 1.82) is 0 Å². The van der Waals surface area contributed by atoms with Crippen molar-refractivity contribution >= 4 is 11.8 Å². The topological polar surface area (TPSA) is 46.2 Å². The van der Waals surface area contributed by atoms with Gasteiger partial charge in [-0.15, -0.1) is 0 Å². The van der Waals surface area contributed by atoms with Crippen molar-refractivity contribution < 1.29 is 5.11 Å². The third-order valence-corrected chi connectivity index (χ3v) is 3.32. The minimum Gasteiger partial charge on any atom is -0.395 e. The van der Waals surface area contributed by atoms with Crippen LogP contribution in [0, 0.1) is 0 Å². The Morgan fingerprint density at radius 1 is 1.27 bits per heavy atom. The number of hydrogen-bond donors (Lipinski definition) is 2. The number of aliphatic hydroxyl groups excluding tert-OH is 1. The summed E-state index contributed by atoms with van der Waals surface area (Å²) in [4.78, 5) is 0. The third kappa shape index (κ3) is 5.82. The molecule has 0 radical (unpaired) electrons. The van der Waals surface area contributed by atoms with Crippen molar-refractivity contribution in [2.75, 3.05) is 12.4 Å². The monoisotopic (exact) mass is 225 g/mol. The van der Waals surface area contributed by atoms with Gasteiger partial charge in [0.1, 0.15) is 0 Å². The number of benzene rings is 1. The average Bonchev–Trinajstić information content (AvgIpc) is 2.29. The molecule has 1 atom stereocenters. The highest BCUT2D eigenvalue weighted by molar-refractivity contribution is 7.98. The molecule has 0 bridgehead atoms. The minimum atomic E-state index is -0.0395. The smallest absolute Gasteiger partial charge is 0.0582 e. The van der Waals surface area contributed by atoms with E-state index in [1.807, 2.05) is 17.8 Å². The molecule has 0 spiro atoms. The molecule has 0 saturated heterocycles. The predicted octanol–water partition coefficient (Wildman–Crippen LogP) is 2.02. The highest BCUT2D eigenvalue weighted by Crippen LogP contribution is 2.13. The lowest BCUT2D eigenvalue weighted by Crippen LogP contribution is -2.24. The molecule has 3 heteroatoms. The summed E-state index contributed by atoms with van der Waals surface area (Å²) >= 11 is 1.92. The maximum absolute atomic E-state index is 8.74. The third-order valence-electron chi connectivity index (χ3n) is 2.21. The van der Waals surface area contributed by atoms with Crippen LogP contribution in [0.4, 0.5) is 0 Å². The lowest BCUT2D eigenvalue weighted by Gasteiger charge is -2.07. The summed E-state index contributed by atoms with van der Waals surface area (Å²) in [6, 6.07) is 10.4. The van der Waals surface area contributed by atoms with Gasteiger partial charge in [-0.3, -0.25) is 0 Å². The van der Waals surface area contributed by atoms with Crippen LogP contribution in [-0.4, -0.2) is 23.5 Å². The van der Waals surface area contributed by atoms with Gasteiger partial charge in [0.2, 0.25) is 0 Å². The zero-order valence-corrected chi connectivity index (χ0v) is 9.75. The highest BCUT2D eigenvalue weighted by Gasteiger charge is 1.99. The fourth-order valence-corrected chi connectivity index (χ4v) is 2.25. The molecule has 1 rings (SSSR count). The van der Waals surface area contributed by atoms with Crippen LogP contribution in [0.3, 0.4) is 0 Å². The van der Waals surface area contributed by atoms with E-state index in [4.69, 9.17) is 10.8 Å². The molecule has 0 aliphatic carbocycles. The number of rotatable bonds is 7. The summed E-state index contributed by atoms with van der Waals surface area (Å²) in [6.07, 6.45) is 2.00. The van der Waals surface area contributed by atoms with E-state index in [0.29, 0.717) is 0 Å². The Bertz CT molecular complexity index is 253. The van der Waals surface area contributed by atoms with Gasteiger partial charge in [0, 0.05) is 11.8 Å². The second-order valence-corrected chi connectivity index (χ2v) is 4.73. The standard InChI is InChI=1S/C12H19NOS/c13-12(9-14)7-4-8-15-10-11-5-2-1-3-6-11/h1-3,5-6,12,14H,4,7-10,13H2. The molecule has 2 nitrogen and oxygen atoms in total. The summed E-state index contributed by atoms with van der Waals surface area (Å²) in [5, 5.41) is 8.74. The Hall–Kier alpha value is -0.510. The first kappa shape index (κ1) is 12.6. The Kier molecular flexibility index (Phi) is 6.48. The van der Waals surface area contributed by atoms with Crippen LogP contribution in [0.1, 0.15) is 18.4 Å². The Labute approximate surface area is 95.9 Å². The molecule has 84 valence electrons. The van der Waals surface area contributed by atoms with Crippen LogP contribution in [-0.2, 0) is 5.75 Å². The van der Waals surface area contributed by atoms with Crippen molar-refractivity contribution in [2.24, 2.45) is 5.73 Å². The normalized spacial score (nSPS) is 12.7. The number of aliphatic hydroxyl groups is 1. The van der Waals surface area contributed by atoms with Crippen LogP contribution >= 0.6 is 11.8 Å². The SMILES string of the molecule is NC(CO)CCCSCc1ccccc1. The van der Waals surface area contributed by atoms with Gasteiger partial charge in [0.25, 0.3) is 0 Å². The molecule has 0 aromatic heterocycles. The van der Waals surface area contributed by atoms with Gasteiger partial charge in [0.15, 0.2) is 0 Å². The van der Waals surface area contributed by atoms with Gasteiger partial charge < -0.3 is 10.8 Å². The minimum absolute atomic E-state index is 0.0395. The Morgan fingerprint density at radius 2 is 2.00 bits per heavy atom. The zero-order valence-electron chi connectivity index (χ0n) is 8.93. The van der Waals surface area contributed by atoms with Crippen molar-refractivity contribution in [3.63, 3.8) is 0 Å². The molecule has 0 saturated carbocycles. The fraction of sp³-hybridized carbons (Fsp3) is 0.500. The molecule has 0 heterocycles. The summed E-state index contributed by atoms with van der Waals surface area (Å²) in [5.41, 5.74) is 6.98. The summed E-state index contributed by atoms with van der Waals surface area (Å²) in [6.45, 7) is 0.101. The summed E-state index contributed by atoms with van der Waals surface area (Å²) in [7, 11) is 0. The second kappa shape index (κ2) is 7.74. The van der Waals surface area contributed by atoms with E-state index in [-0.39, 0.29) is 12.6 Å². The van der Waals surface area contributed by atoms with Gasteiger partial charge in [-0.2, -0.15) is 11.8 Å². The molecule has 0 amide bonds. The van der Waals surface area contributed by atoms with E-state index >= 15 is 0 Å². The molecule has 1 aromatic carbocycles. The molecular weight excluding hydrogens is 206 g/mol. The zero-order chi connectivity index (χ0) is 10.9. The van der Waals surface area contributed by atoms with Gasteiger partial charge in [-0.1, -0.05) is 30.3 Å². The number of thioether (sulfide) groups is 1. The number of nitrogens with two attached hydrogens (primary N) is 1. The lowest BCUT2D eigenvalue weighted by molar-refractivity contribution is 0.259. The predicted molar refractivity (Wildman–Crippen MR) is 66.9 cm³/mol. The van der Waals surface area contributed by atoms with E-state index in [1.165, 1.54) is 5.56 Å². The molecule has 3 N–H and O–H groups in total. The molecular formula is C12H19NOS. The molecule has 0 fully saturated rings. The first-order valence-electron chi connectivity index (χ1n) is 5.31. The van der Waals surface area contributed by atoms with Crippen LogP contribution in [0.2, 0.25) is 0 Å². The lowest BCUT2D eigenvalue weighted by atomic mass is 10.2. The maximum Gasteiger partial charge on any atom is 0.0582 e. The first-order chi connectivity index (χ1) is 7.33. The maximum atomic E-state index is 8.74. The Morgan fingerprint density at radius 3 is 2.67 bits per heavy atom. The van der Waals surface area contributed by atoms with Crippen molar-refractivity contribution in [3.8, 4) is 0 Å². The van der Waals surface area contributed by atoms with E-state index in [2.05, 4.69) is 24.3 Å². The van der Waals surface area contributed by atoms with E-state index in [0.717, 1.165) is 24.3 Å². The molecule has 1 aromatic rings. The van der Waals surface area contributed by atoms with Crippen LogP contribution in [0.15, 0.2) is 30.3 Å². The summed E-state index contributed by atoms with van der Waals surface area (Å²) in [5.74, 6) is 2.18. The van der Waals surface area contributed by atoms with Crippen LogP contribution < -0.4 is 5.73 Å². The first-order valence-corrected chi connectivity index (χ1v) is 6.46. The van der Waals surface area contributed by atoms with E-state index in [9.17, 15) is 0 Å².